The van der Waals surface area contributed by atoms with Gasteiger partial charge in [-0.3, -0.25) is 0 Å². The lowest BCUT2D eigenvalue weighted by molar-refractivity contribution is 1.14. The third kappa shape index (κ3) is 3.95. The van der Waals surface area contributed by atoms with Gasteiger partial charge in [0.05, 0.1) is 0 Å². The average Bonchev–Trinajstić information content (AvgIpc) is 2.56. The molecule has 0 bridgehead atoms. The second-order valence-corrected chi connectivity index (χ2v) is 5.19. The molecule has 0 nitrogen and oxygen atoms in total. The van der Waals surface area contributed by atoms with E-state index in [1.54, 1.807) is 0 Å². The van der Waals surface area contributed by atoms with Gasteiger partial charge in [0.15, 0.2) is 0 Å². The SMILES string of the molecule is C/C=C(\C=C/CC)c1cc(CC)cc(-c2ccccc2)c1. The topological polar surface area (TPSA) is 0 Å². The summed E-state index contributed by atoms with van der Waals surface area (Å²) in [5.74, 6) is 0. The van der Waals surface area contributed by atoms with Crippen LogP contribution in [0.25, 0.3) is 16.7 Å². The van der Waals surface area contributed by atoms with Crippen LogP contribution in [0.15, 0.2) is 66.8 Å². The monoisotopic (exact) mass is 276 g/mol. The zero-order valence-corrected chi connectivity index (χ0v) is 13.3. The van der Waals surface area contributed by atoms with Gasteiger partial charge in [-0.05, 0) is 53.7 Å². The van der Waals surface area contributed by atoms with Crippen molar-refractivity contribution in [2.75, 3.05) is 0 Å². The maximum atomic E-state index is 2.31. The molecule has 0 aliphatic heterocycles. The Morgan fingerprint density at radius 1 is 0.952 bits per heavy atom. The maximum Gasteiger partial charge on any atom is -0.0175 e. The summed E-state index contributed by atoms with van der Waals surface area (Å²) in [6, 6.07) is 17.5. The molecular weight excluding hydrogens is 252 g/mol. The quantitative estimate of drug-likeness (QED) is 0.563. The summed E-state index contributed by atoms with van der Waals surface area (Å²) in [5.41, 5.74) is 6.57. The molecule has 0 fully saturated rings. The van der Waals surface area contributed by atoms with Gasteiger partial charge in [-0.15, -0.1) is 0 Å². The Morgan fingerprint density at radius 2 is 1.71 bits per heavy atom. The first-order chi connectivity index (χ1) is 10.3. The molecule has 2 aromatic carbocycles. The number of benzene rings is 2. The highest BCUT2D eigenvalue weighted by atomic mass is 14.1. The van der Waals surface area contributed by atoms with E-state index in [1.807, 2.05) is 0 Å². The van der Waals surface area contributed by atoms with E-state index in [9.17, 15) is 0 Å². The summed E-state index contributed by atoms with van der Waals surface area (Å²) < 4.78 is 0. The molecule has 0 heterocycles. The molecule has 0 spiro atoms. The summed E-state index contributed by atoms with van der Waals surface area (Å²) in [4.78, 5) is 0. The molecule has 0 aliphatic carbocycles. The highest BCUT2D eigenvalue weighted by Crippen LogP contribution is 2.27. The van der Waals surface area contributed by atoms with Crippen LogP contribution in [0.3, 0.4) is 0 Å². The minimum absolute atomic E-state index is 1.06. The molecule has 21 heavy (non-hydrogen) atoms. The fourth-order valence-electron chi connectivity index (χ4n) is 2.46. The normalized spacial score (nSPS) is 12.0. The van der Waals surface area contributed by atoms with Crippen molar-refractivity contribution >= 4 is 5.57 Å². The first-order valence-electron chi connectivity index (χ1n) is 7.81. The molecule has 108 valence electrons. The van der Waals surface area contributed by atoms with Crippen LogP contribution in [0.1, 0.15) is 38.3 Å². The fourth-order valence-corrected chi connectivity index (χ4v) is 2.46. The number of rotatable bonds is 5. The average molecular weight is 276 g/mol. The van der Waals surface area contributed by atoms with Crippen LogP contribution >= 0.6 is 0 Å². The minimum Gasteiger partial charge on any atom is -0.0842 e. The molecule has 0 atom stereocenters. The van der Waals surface area contributed by atoms with E-state index in [-0.39, 0.29) is 0 Å². The Hall–Kier alpha value is -2.08. The molecule has 2 rings (SSSR count). The van der Waals surface area contributed by atoms with E-state index in [0.29, 0.717) is 0 Å². The smallest absolute Gasteiger partial charge is 0.0175 e. The Labute approximate surface area is 128 Å². The van der Waals surface area contributed by atoms with E-state index in [0.717, 1.165) is 12.8 Å². The zero-order chi connectivity index (χ0) is 15.1. The van der Waals surface area contributed by atoms with E-state index in [1.165, 1.54) is 27.8 Å². The Morgan fingerprint density at radius 3 is 2.33 bits per heavy atom. The van der Waals surface area contributed by atoms with Crippen molar-refractivity contribution < 1.29 is 0 Å². The fraction of sp³-hybridized carbons (Fsp3) is 0.238. The summed E-state index contributed by atoms with van der Waals surface area (Å²) in [7, 11) is 0. The van der Waals surface area contributed by atoms with Crippen LogP contribution in [0.5, 0.6) is 0 Å². The van der Waals surface area contributed by atoms with Gasteiger partial charge >= 0.3 is 0 Å². The summed E-state index contributed by atoms with van der Waals surface area (Å²) in [6.45, 7) is 6.49. The van der Waals surface area contributed by atoms with Crippen molar-refractivity contribution in [1.82, 2.24) is 0 Å². The predicted molar refractivity (Wildman–Crippen MR) is 94.3 cm³/mol. The van der Waals surface area contributed by atoms with Gasteiger partial charge in [0.1, 0.15) is 0 Å². The largest absolute Gasteiger partial charge is 0.0842 e. The summed E-state index contributed by atoms with van der Waals surface area (Å²) in [5, 5.41) is 0. The van der Waals surface area contributed by atoms with E-state index in [4.69, 9.17) is 0 Å². The summed E-state index contributed by atoms with van der Waals surface area (Å²) in [6.07, 6.45) is 8.76. The van der Waals surface area contributed by atoms with E-state index < -0.39 is 0 Å². The molecular formula is C21H24. The third-order valence-corrected chi connectivity index (χ3v) is 3.69. The van der Waals surface area contributed by atoms with Crippen molar-refractivity contribution in [3.8, 4) is 11.1 Å². The highest BCUT2D eigenvalue weighted by Gasteiger charge is 2.04. The van der Waals surface area contributed by atoms with Gasteiger partial charge in [-0.1, -0.05) is 74.5 Å². The molecule has 2 aromatic rings. The standard InChI is InChI=1S/C21H24/c1-4-7-11-18(6-3)20-14-17(5-2)15-21(16-20)19-12-9-8-10-13-19/h6-16H,4-5H2,1-3H3/b11-7-,18-6+. The molecule has 0 saturated carbocycles. The second kappa shape index (κ2) is 7.64. The zero-order valence-electron chi connectivity index (χ0n) is 13.3. The lowest BCUT2D eigenvalue weighted by atomic mass is 9.95. The van der Waals surface area contributed by atoms with Gasteiger partial charge in [-0.2, -0.15) is 0 Å². The lowest BCUT2D eigenvalue weighted by Crippen LogP contribution is -1.89. The lowest BCUT2D eigenvalue weighted by Gasteiger charge is -2.10. The van der Waals surface area contributed by atoms with Crippen molar-refractivity contribution in [2.45, 2.75) is 33.6 Å². The van der Waals surface area contributed by atoms with Crippen molar-refractivity contribution in [3.05, 3.63) is 77.9 Å². The van der Waals surface area contributed by atoms with Crippen LogP contribution in [-0.4, -0.2) is 0 Å². The van der Waals surface area contributed by atoms with Gasteiger partial charge in [0.25, 0.3) is 0 Å². The molecule has 0 heteroatoms. The second-order valence-electron chi connectivity index (χ2n) is 5.19. The first-order valence-corrected chi connectivity index (χ1v) is 7.81. The molecule has 0 unspecified atom stereocenters. The van der Waals surface area contributed by atoms with Crippen molar-refractivity contribution in [3.63, 3.8) is 0 Å². The van der Waals surface area contributed by atoms with Crippen LogP contribution in [-0.2, 0) is 6.42 Å². The van der Waals surface area contributed by atoms with Gasteiger partial charge in [-0.25, -0.2) is 0 Å². The minimum atomic E-state index is 1.06. The third-order valence-electron chi connectivity index (χ3n) is 3.69. The van der Waals surface area contributed by atoms with Gasteiger partial charge in [0, 0.05) is 0 Å². The molecule has 0 radical (unpaired) electrons. The first kappa shape index (κ1) is 15.3. The molecule has 0 N–H and O–H groups in total. The van der Waals surface area contributed by atoms with Crippen LogP contribution < -0.4 is 0 Å². The highest BCUT2D eigenvalue weighted by molar-refractivity contribution is 5.78. The van der Waals surface area contributed by atoms with Gasteiger partial charge < -0.3 is 0 Å². The molecule has 0 amide bonds. The Balaban J connectivity index is 2.50. The predicted octanol–water partition coefficient (Wildman–Crippen LogP) is 6.29. The van der Waals surface area contributed by atoms with Crippen molar-refractivity contribution in [1.29, 1.82) is 0 Å². The number of hydrogen-bond donors (Lipinski definition) is 0. The Bertz CT molecular complexity index is 630. The van der Waals surface area contributed by atoms with Crippen LogP contribution in [0, 0.1) is 0 Å². The van der Waals surface area contributed by atoms with Crippen LogP contribution in [0.2, 0.25) is 0 Å². The maximum absolute atomic E-state index is 2.31. The van der Waals surface area contributed by atoms with Crippen LogP contribution in [0.4, 0.5) is 0 Å². The Kier molecular flexibility index (Phi) is 5.57. The number of allylic oxidation sites excluding steroid dienone is 4. The number of aryl methyl sites for hydroxylation is 1. The molecule has 0 aliphatic rings. The summed E-state index contributed by atoms with van der Waals surface area (Å²) >= 11 is 0. The van der Waals surface area contributed by atoms with Gasteiger partial charge in [0.2, 0.25) is 0 Å². The molecule has 0 saturated heterocycles. The van der Waals surface area contributed by atoms with Crippen molar-refractivity contribution in [2.24, 2.45) is 0 Å². The van der Waals surface area contributed by atoms with E-state index >= 15 is 0 Å². The van der Waals surface area contributed by atoms with E-state index in [2.05, 4.69) is 87.5 Å². The number of hydrogen-bond acceptors (Lipinski definition) is 0. The molecule has 0 aromatic heterocycles.